The number of aromatic nitrogens is 1. The highest BCUT2D eigenvalue weighted by Gasteiger charge is 2.28. The summed E-state index contributed by atoms with van der Waals surface area (Å²) in [5.41, 5.74) is 3.58. The molecule has 0 bridgehead atoms. The Balaban J connectivity index is 2.09. The molecule has 3 aromatic rings. The maximum Gasteiger partial charge on any atom is 0.263 e. The zero-order valence-corrected chi connectivity index (χ0v) is 10.4. The van der Waals surface area contributed by atoms with E-state index in [-0.39, 0.29) is 5.91 Å². The highest BCUT2D eigenvalue weighted by molar-refractivity contribution is 6.14. The van der Waals surface area contributed by atoms with Crippen LogP contribution in [0.2, 0.25) is 0 Å². The maximum absolute atomic E-state index is 12.5. The maximum atomic E-state index is 12.5. The average molecular weight is 249 g/mol. The first kappa shape index (κ1) is 10.4. The van der Waals surface area contributed by atoms with Gasteiger partial charge in [0.25, 0.3) is 5.91 Å². The lowest BCUT2D eigenvalue weighted by molar-refractivity contribution is 0.0973. The van der Waals surface area contributed by atoms with Gasteiger partial charge in [-0.15, -0.1) is 0 Å². The third-order valence-electron chi connectivity index (χ3n) is 3.65. The van der Waals surface area contributed by atoms with Gasteiger partial charge >= 0.3 is 0 Å². The van der Waals surface area contributed by atoms with Gasteiger partial charge in [0.1, 0.15) is 5.75 Å². The fourth-order valence-corrected chi connectivity index (χ4v) is 2.74. The SMILES string of the molecule is COc1ccc2c(c1)-c1cc3ccccc3n1C2=O. The summed E-state index contributed by atoms with van der Waals surface area (Å²) in [5, 5.41) is 1.08. The van der Waals surface area contributed by atoms with Crippen molar-refractivity contribution in [3.05, 3.63) is 54.1 Å². The van der Waals surface area contributed by atoms with Crippen molar-refractivity contribution < 1.29 is 9.53 Å². The largest absolute Gasteiger partial charge is 0.497 e. The zero-order valence-electron chi connectivity index (χ0n) is 10.4. The Kier molecular flexibility index (Phi) is 1.90. The summed E-state index contributed by atoms with van der Waals surface area (Å²) in [6.07, 6.45) is 0. The van der Waals surface area contributed by atoms with Crippen LogP contribution in [0.1, 0.15) is 10.4 Å². The summed E-state index contributed by atoms with van der Waals surface area (Å²) >= 11 is 0. The molecule has 0 saturated carbocycles. The summed E-state index contributed by atoms with van der Waals surface area (Å²) in [4.78, 5) is 12.5. The number of fused-ring (bicyclic) bond motifs is 5. The van der Waals surface area contributed by atoms with E-state index in [9.17, 15) is 4.79 Å². The minimum Gasteiger partial charge on any atom is -0.497 e. The Morgan fingerprint density at radius 1 is 1.00 bits per heavy atom. The van der Waals surface area contributed by atoms with E-state index in [1.807, 2.05) is 42.5 Å². The van der Waals surface area contributed by atoms with Crippen molar-refractivity contribution in [2.24, 2.45) is 0 Å². The molecule has 2 heterocycles. The van der Waals surface area contributed by atoms with Crippen molar-refractivity contribution in [3.63, 3.8) is 0 Å². The van der Waals surface area contributed by atoms with Gasteiger partial charge in [-0.2, -0.15) is 0 Å². The molecule has 3 nitrogen and oxygen atoms in total. The van der Waals surface area contributed by atoms with Crippen LogP contribution in [0, 0.1) is 0 Å². The highest BCUT2D eigenvalue weighted by Crippen LogP contribution is 2.38. The highest BCUT2D eigenvalue weighted by atomic mass is 16.5. The number of hydrogen-bond donors (Lipinski definition) is 0. The normalized spacial score (nSPS) is 12.6. The van der Waals surface area contributed by atoms with Gasteiger partial charge in [0.05, 0.1) is 18.3 Å². The molecule has 19 heavy (non-hydrogen) atoms. The molecule has 0 amide bonds. The van der Waals surface area contributed by atoms with Crippen molar-refractivity contribution in [2.45, 2.75) is 0 Å². The van der Waals surface area contributed by atoms with Crippen molar-refractivity contribution in [2.75, 3.05) is 7.11 Å². The first-order valence-corrected chi connectivity index (χ1v) is 6.13. The molecular weight excluding hydrogens is 238 g/mol. The molecule has 0 radical (unpaired) electrons. The Morgan fingerprint density at radius 3 is 2.68 bits per heavy atom. The lowest BCUT2D eigenvalue weighted by Gasteiger charge is -2.01. The molecule has 0 atom stereocenters. The lowest BCUT2D eigenvalue weighted by atomic mass is 10.1. The van der Waals surface area contributed by atoms with Gasteiger partial charge < -0.3 is 4.74 Å². The Morgan fingerprint density at radius 2 is 1.84 bits per heavy atom. The van der Waals surface area contributed by atoms with E-state index >= 15 is 0 Å². The number of ether oxygens (including phenoxy) is 1. The van der Waals surface area contributed by atoms with E-state index in [1.54, 1.807) is 11.7 Å². The van der Waals surface area contributed by atoms with Crippen LogP contribution in [-0.2, 0) is 0 Å². The molecule has 92 valence electrons. The Bertz CT molecular complexity index is 830. The number of methoxy groups -OCH3 is 1. The number of carbonyl (C=O) groups is 1. The van der Waals surface area contributed by atoms with Gasteiger partial charge in [0.2, 0.25) is 0 Å². The molecular formula is C16H11NO2. The number of rotatable bonds is 1. The molecule has 0 unspecified atom stereocenters. The minimum atomic E-state index is 0.0360. The third kappa shape index (κ3) is 1.24. The van der Waals surface area contributed by atoms with Crippen molar-refractivity contribution >= 4 is 16.8 Å². The number of benzene rings is 2. The second kappa shape index (κ2) is 3.48. The second-order valence-corrected chi connectivity index (χ2v) is 4.64. The van der Waals surface area contributed by atoms with Crippen molar-refractivity contribution in [1.82, 2.24) is 4.57 Å². The Labute approximate surface area is 110 Å². The van der Waals surface area contributed by atoms with Crippen molar-refractivity contribution in [3.8, 4) is 17.0 Å². The summed E-state index contributed by atoms with van der Waals surface area (Å²) in [6.45, 7) is 0. The third-order valence-corrected chi connectivity index (χ3v) is 3.65. The number of carbonyl (C=O) groups excluding carboxylic acids is 1. The van der Waals surface area contributed by atoms with Gasteiger partial charge in [0, 0.05) is 16.5 Å². The fourth-order valence-electron chi connectivity index (χ4n) is 2.74. The lowest BCUT2D eigenvalue weighted by Crippen LogP contribution is -2.05. The summed E-state index contributed by atoms with van der Waals surface area (Å²) in [6, 6.07) is 15.6. The van der Waals surface area contributed by atoms with E-state index in [0.717, 1.165) is 33.5 Å². The molecule has 0 aliphatic carbocycles. The molecule has 0 fully saturated rings. The van der Waals surface area contributed by atoms with E-state index in [0.29, 0.717) is 0 Å². The van der Waals surface area contributed by atoms with Gasteiger partial charge in [-0.1, -0.05) is 18.2 Å². The number of para-hydroxylation sites is 1. The fraction of sp³-hybridized carbons (Fsp3) is 0.0625. The molecule has 3 heteroatoms. The zero-order chi connectivity index (χ0) is 13.0. The summed E-state index contributed by atoms with van der Waals surface area (Å²) < 4.78 is 7.02. The van der Waals surface area contributed by atoms with Crippen LogP contribution < -0.4 is 4.74 Å². The van der Waals surface area contributed by atoms with Crippen LogP contribution in [-0.4, -0.2) is 17.6 Å². The summed E-state index contributed by atoms with van der Waals surface area (Å²) in [5.74, 6) is 0.805. The van der Waals surface area contributed by atoms with Crippen LogP contribution in [0.4, 0.5) is 0 Å². The molecule has 1 aromatic heterocycles. The van der Waals surface area contributed by atoms with E-state index < -0.39 is 0 Å². The van der Waals surface area contributed by atoms with E-state index in [2.05, 4.69) is 6.07 Å². The number of nitrogens with zero attached hydrogens (tertiary/aromatic N) is 1. The van der Waals surface area contributed by atoms with Gasteiger partial charge in [-0.3, -0.25) is 9.36 Å². The van der Waals surface area contributed by atoms with Crippen LogP contribution in [0.25, 0.3) is 22.2 Å². The summed E-state index contributed by atoms with van der Waals surface area (Å²) in [7, 11) is 1.63. The Hall–Kier alpha value is -2.55. The van der Waals surface area contributed by atoms with E-state index in [4.69, 9.17) is 4.74 Å². The van der Waals surface area contributed by atoms with Gasteiger partial charge in [-0.25, -0.2) is 0 Å². The molecule has 2 aromatic carbocycles. The molecule has 1 aliphatic heterocycles. The van der Waals surface area contributed by atoms with Gasteiger partial charge in [0.15, 0.2) is 0 Å². The molecule has 0 spiro atoms. The second-order valence-electron chi connectivity index (χ2n) is 4.64. The molecule has 4 rings (SSSR count). The van der Waals surface area contributed by atoms with Crippen LogP contribution in [0.5, 0.6) is 5.75 Å². The smallest absolute Gasteiger partial charge is 0.263 e. The molecule has 0 saturated heterocycles. The minimum absolute atomic E-state index is 0.0360. The quantitative estimate of drug-likeness (QED) is 0.518. The predicted octanol–water partition coefficient (Wildman–Crippen LogP) is 3.32. The first-order valence-electron chi connectivity index (χ1n) is 6.13. The number of hydrogen-bond acceptors (Lipinski definition) is 2. The van der Waals surface area contributed by atoms with Crippen LogP contribution >= 0.6 is 0 Å². The predicted molar refractivity (Wildman–Crippen MR) is 73.7 cm³/mol. The van der Waals surface area contributed by atoms with E-state index in [1.165, 1.54) is 0 Å². The first-order chi connectivity index (χ1) is 9.29. The average Bonchev–Trinajstić information content (AvgIpc) is 2.96. The van der Waals surface area contributed by atoms with Gasteiger partial charge in [-0.05, 0) is 30.3 Å². The molecule has 1 aliphatic rings. The van der Waals surface area contributed by atoms with Crippen LogP contribution in [0.15, 0.2) is 48.5 Å². The van der Waals surface area contributed by atoms with Crippen LogP contribution in [0.3, 0.4) is 0 Å². The standard InChI is InChI=1S/C16H11NO2/c1-19-11-6-7-12-13(9-11)15-8-10-4-2-3-5-14(10)17(15)16(12)18/h2-9H,1H3. The monoisotopic (exact) mass is 249 g/mol. The molecule has 0 N–H and O–H groups in total. The van der Waals surface area contributed by atoms with Crippen molar-refractivity contribution in [1.29, 1.82) is 0 Å². The topological polar surface area (TPSA) is 31.2 Å².